The van der Waals surface area contributed by atoms with E-state index >= 15 is 0 Å². The summed E-state index contributed by atoms with van der Waals surface area (Å²) in [7, 11) is 1.63. The summed E-state index contributed by atoms with van der Waals surface area (Å²) in [6.45, 7) is 4.35. The topological polar surface area (TPSA) is 60.2 Å². The Labute approximate surface area is 175 Å². The summed E-state index contributed by atoms with van der Waals surface area (Å²) in [6.07, 6.45) is 2.26. The smallest absolute Gasteiger partial charge is 0.294 e. The van der Waals surface area contributed by atoms with Crippen LogP contribution in [0.15, 0.2) is 48.5 Å². The highest BCUT2D eigenvalue weighted by Crippen LogP contribution is 2.36. The number of hydrogen-bond acceptors (Lipinski definition) is 4. The molecule has 1 atom stereocenters. The van der Waals surface area contributed by atoms with Gasteiger partial charge in [-0.05, 0) is 74.6 Å². The molecule has 0 aliphatic heterocycles. The molecule has 7 heteroatoms. The van der Waals surface area contributed by atoms with Gasteiger partial charge >= 0.3 is 0 Å². The van der Waals surface area contributed by atoms with E-state index in [2.05, 4.69) is 17.0 Å². The lowest BCUT2D eigenvalue weighted by molar-refractivity contribution is 0.0641. The molecule has 2 aromatic carbocycles. The van der Waals surface area contributed by atoms with E-state index in [1.807, 2.05) is 29.2 Å². The summed E-state index contributed by atoms with van der Waals surface area (Å²) in [5.74, 6) is 1.49. The molecule has 6 nitrogen and oxygen atoms in total. The molecular formula is C23H25FN4O2. The summed E-state index contributed by atoms with van der Waals surface area (Å²) in [5, 5.41) is 4.43. The van der Waals surface area contributed by atoms with Crippen molar-refractivity contribution < 1.29 is 13.9 Å². The molecule has 1 aliphatic rings. The molecule has 0 N–H and O–H groups in total. The van der Waals surface area contributed by atoms with Crippen molar-refractivity contribution in [2.75, 3.05) is 7.11 Å². The molecule has 1 heterocycles. The molecule has 0 radical (unpaired) electrons. The van der Waals surface area contributed by atoms with Crippen LogP contribution in [0.3, 0.4) is 0 Å². The zero-order valence-corrected chi connectivity index (χ0v) is 17.4. The fourth-order valence-corrected chi connectivity index (χ4v) is 3.60. The number of halogens is 1. The van der Waals surface area contributed by atoms with E-state index in [1.54, 1.807) is 30.8 Å². The predicted molar refractivity (Wildman–Crippen MR) is 111 cm³/mol. The first-order chi connectivity index (χ1) is 14.5. The molecule has 30 heavy (non-hydrogen) atoms. The largest absolute Gasteiger partial charge is 0.497 e. The highest BCUT2D eigenvalue weighted by Gasteiger charge is 2.36. The maximum atomic E-state index is 13.4. The molecule has 0 bridgehead atoms. The number of hydrogen-bond donors (Lipinski definition) is 0. The first-order valence-electron chi connectivity index (χ1n) is 10.1. The second-order valence-corrected chi connectivity index (χ2v) is 7.73. The second kappa shape index (κ2) is 8.26. The number of carbonyl (C=O) groups excluding carboxylic acids is 1. The lowest BCUT2D eigenvalue weighted by atomic mass is 10.1. The Morgan fingerprint density at radius 2 is 1.87 bits per heavy atom. The van der Waals surface area contributed by atoms with E-state index < -0.39 is 0 Å². The van der Waals surface area contributed by atoms with Gasteiger partial charge in [-0.25, -0.2) is 14.1 Å². The van der Waals surface area contributed by atoms with E-state index in [0.29, 0.717) is 24.0 Å². The number of amides is 1. The molecular weight excluding hydrogens is 383 g/mol. The van der Waals surface area contributed by atoms with E-state index in [-0.39, 0.29) is 23.6 Å². The van der Waals surface area contributed by atoms with Crippen LogP contribution in [0.25, 0.3) is 5.69 Å². The van der Waals surface area contributed by atoms with Gasteiger partial charge in [0, 0.05) is 12.6 Å². The van der Waals surface area contributed by atoms with Gasteiger partial charge in [-0.15, -0.1) is 5.10 Å². The fourth-order valence-electron chi connectivity index (χ4n) is 3.60. The molecule has 1 saturated carbocycles. The average Bonchev–Trinajstić information content (AvgIpc) is 3.54. The van der Waals surface area contributed by atoms with Crippen molar-refractivity contribution in [3.8, 4) is 11.4 Å². The number of carbonyl (C=O) groups is 1. The minimum Gasteiger partial charge on any atom is -0.497 e. The van der Waals surface area contributed by atoms with Gasteiger partial charge < -0.3 is 9.64 Å². The lowest BCUT2D eigenvalue weighted by Gasteiger charge is -2.28. The minimum absolute atomic E-state index is 0.0951. The van der Waals surface area contributed by atoms with Gasteiger partial charge in [0.1, 0.15) is 17.4 Å². The number of rotatable bonds is 7. The molecule has 0 saturated heterocycles. The molecule has 1 aromatic heterocycles. The van der Waals surface area contributed by atoms with Crippen LogP contribution < -0.4 is 4.74 Å². The molecule has 156 valence electrons. The van der Waals surface area contributed by atoms with Crippen molar-refractivity contribution in [1.29, 1.82) is 0 Å². The third kappa shape index (κ3) is 4.20. The van der Waals surface area contributed by atoms with Crippen LogP contribution in [0, 0.1) is 18.7 Å². The lowest BCUT2D eigenvalue weighted by Crippen LogP contribution is -2.40. The summed E-state index contributed by atoms with van der Waals surface area (Å²) in [6, 6.07) is 13.8. The van der Waals surface area contributed by atoms with Crippen LogP contribution in [-0.2, 0) is 6.54 Å². The number of methoxy groups -OCH3 is 1. The predicted octanol–water partition coefficient (Wildman–Crippen LogP) is 4.16. The Bertz CT molecular complexity index is 1030. The molecule has 1 amide bonds. The monoisotopic (exact) mass is 408 g/mol. The van der Waals surface area contributed by atoms with Crippen LogP contribution in [0.5, 0.6) is 5.75 Å². The van der Waals surface area contributed by atoms with Crippen molar-refractivity contribution in [2.45, 2.75) is 39.3 Å². The van der Waals surface area contributed by atoms with Gasteiger partial charge in [0.15, 0.2) is 0 Å². The van der Waals surface area contributed by atoms with Crippen LogP contribution >= 0.6 is 0 Å². The molecule has 1 aliphatic carbocycles. The van der Waals surface area contributed by atoms with Crippen molar-refractivity contribution in [3.63, 3.8) is 0 Å². The molecule has 3 aromatic rings. The standard InChI is InChI=1S/C23H25FN4O2/c1-15(18-6-7-18)27(14-17-4-12-21(30-3)13-5-17)23(29)22-25-16(2)28(26-22)20-10-8-19(24)9-11-20/h4-5,8-13,15,18H,6-7,14H2,1-3H3. The van der Waals surface area contributed by atoms with Crippen molar-refractivity contribution >= 4 is 5.91 Å². The quantitative estimate of drug-likeness (QED) is 0.589. The summed E-state index contributed by atoms with van der Waals surface area (Å²) in [4.78, 5) is 19.7. The molecule has 4 rings (SSSR count). The Morgan fingerprint density at radius 1 is 1.20 bits per heavy atom. The first kappa shape index (κ1) is 20.1. The zero-order chi connectivity index (χ0) is 21.3. The Kier molecular flexibility index (Phi) is 5.53. The van der Waals surface area contributed by atoms with Gasteiger partial charge in [0.05, 0.1) is 12.8 Å². The Morgan fingerprint density at radius 3 is 2.47 bits per heavy atom. The third-order valence-electron chi connectivity index (χ3n) is 5.60. The number of benzene rings is 2. The third-order valence-corrected chi connectivity index (χ3v) is 5.60. The summed E-state index contributed by atoms with van der Waals surface area (Å²) in [5.41, 5.74) is 1.68. The summed E-state index contributed by atoms with van der Waals surface area (Å²) >= 11 is 0. The van der Waals surface area contributed by atoms with Crippen LogP contribution in [0.1, 0.15) is 41.8 Å². The SMILES string of the molecule is COc1ccc(CN(C(=O)c2nc(C)n(-c3ccc(F)cc3)n2)C(C)C2CC2)cc1. The maximum absolute atomic E-state index is 13.4. The fraction of sp³-hybridized carbons (Fsp3) is 0.348. The van der Waals surface area contributed by atoms with Crippen molar-refractivity contribution in [1.82, 2.24) is 19.7 Å². The highest BCUT2D eigenvalue weighted by atomic mass is 19.1. The van der Waals surface area contributed by atoms with Gasteiger partial charge in [0.2, 0.25) is 5.82 Å². The zero-order valence-electron chi connectivity index (χ0n) is 17.4. The van der Waals surface area contributed by atoms with E-state index in [1.165, 1.54) is 12.1 Å². The molecule has 1 unspecified atom stereocenters. The number of ether oxygens (including phenoxy) is 1. The Balaban J connectivity index is 1.61. The number of nitrogens with zero attached hydrogens (tertiary/aromatic N) is 4. The van der Waals surface area contributed by atoms with Crippen LogP contribution in [0.4, 0.5) is 4.39 Å². The number of aryl methyl sites for hydroxylation is 1. The minimum atomic E-state index is -0.322. The van der Waals surface area contributed by atoms with Gasteiger partial charge in [-0.1, -0.05) is 12.1 Å². The van der Waals surface area contributed by atoms with Gasteiger partial charge in [-0.3, -0.25) is 4.79 Å². The molecule has 1 fully saturated rings. The maximum Gasteiger partial charge on any atom is 0.294 e. The van der Waals surface area contributed by atoms with E-state index in [9.17, 15) is 9.18 Å². The van der Waals surface area contributed by atoms with Crippen LogP contribution in [-0.4, -0.2) is 38.7 Å². The second-order valence-electron chi connectivity index (χ2n) is 7.73. The van der Waals surface area contributed by atoms with Gasteiger partial charge in [0.25, 0.3) is 5.91 Å². The average molecular weight is 408 g/mol. The van der Waals surface area contributed by atoms with E-state index in [0.717, 1.165) is 24.2 Å². The number of aromatic nitrogens is 3. The Hall–Kier alpha value is -3.22. The normalized spacial score (nSPS) is 14.4. The highest BCUT2D eigenvalue weighted by molar-refractivity contribution is 5.90. The summed E-state index contributed by atoms with van der Waals surface area (Å²) < 4.78 is 20.0. The van der Waals surface area contributed by atoms with E-state index in [4.69, 9.17) is 4.74 Å². The first-order valence-corrected chi connectivity index (χ1v) is 10.1. The van der Waals surface area contributed by atoms with Crippen LogP contribution in [0.2, 0.25) is 0 Å². The molecule has 0 spiro atoms. The van der Waals surface area contributed by atoms with Gasteiger partial charge in [-0.2, -0.15) is 0 Å². The van der Waals surface area contributed by atoms with Crippen molar-refractivity contribution in [2.24, 2.45) is 5.92 Å². The van der Waals surface area contributed by atoms with Crippen molar-refractivity contribution in [3.05, 3.63) is 71.6 Å².